The van der Waals surface area contributed by atoms with E-state index in [1.807, 2.05) is 6.92 Å². The van der Waals surface area contributed by atoms with Crippen molar-refractivity contribution in [1.82, 2.24) is 10.1 Å². The van der Waals surface area contributed by atoms with Crippen LogP contribution in [-0.2, 0) is 15.8 Å². The Balaban J connectivity index is 2.27. The molecule has 1 unspecified atom stereocenters. The molecular weight excluding hydrogens is 218 g/mol. The molecule has 1 atom stereocenters. The van der Waals surface area contributed by atoms with E-state index >= 15 is 0 Å². The first-order valence-electron chi connectivity index (χ1n) is 6.20. The SMILES string of the molecule is CCC(C)(CN)c1nc(C2(OC)CCC2)no1. The molecule has 2 N–H and O–H groups in total. The Morgan fingerprint density at radius 3 is 2.65 bits per heavy atom. The van der Waals surface area contributed by atoms with E-state index in [-0.39, 0.29) is 11.0 Å². The fourth-order valence-electron chi connectivity index (χ4n) is 2.05. The third kappa shape index (κ3) is 1.87. The van der Waals surface area contributed by atoms with E-state index < -0.39 is 0 Å². The Kier molecular flexibility index (Phi) is 3.23. The number of rotatable bonds is 5. The molecule has 0 spiro atoms. The Hall–Kier alpha value is -0.940. The molecule has 1 aliphatic carbocycles. The monoisotopic (exact) mass is 239 g/mol. The van der Waals surface area contributed by atoms with Crippen LogP contribution in [0.3, 0.4) is 0 Å². The number of hydrogen-bond acceptors (Lipinski definition) is 5. The van der Waals surface area contributed by atoms with E-state index in [1.54, 1.807) is 7.11 Å². The van der Waals surface area contributed by atoms with Gasteiger partial charge in [0.25, 0.3) is 0 Å². The lowest BCUT2D eigenvalue weighted by molar-refractivity contribution is -0.0858. The van der Waals surface area contributed by atoms with Gasteiger partial charge in [0.15, 0.2) is 0 Å². The van der Waals surface area contributed by atoms with Crippen molar-refractivity contribution >= 4 is 0 Å². The minimum absolute atomic E-state index is 0.232. The third-order valence-electron chi connectivity index (χ3n) is 4.13. The summed E-state index contributed by atoms with van der Waals surface area (Å²) in [6, 6.07) is 0. The van der Waals surface area contributed by atoms with E-state index in [4.69, 9.17) is 15.0 Å². The van der Waals surface area contributed by atoms with Crippen LogP contribution in [0.2, 0.25) is 0 Å². The first-order valence-corrected chi connectivity index (χ1v) is 6.20. The molecule has 0 amide bonds. The molecule has 0 saturated heterocycles. The van der Waals surface area contributed by atoms with Crippen LogP contribution in [0.1, 0.15) is 51.2 Å². The molecule has 1 saturated carbocycles. The van der Waals surface area contributed by atoms with Crippen LogP contribution in [0, 0.1) is 0 Å². The van der Waals surface area contributed by atoms with E-state index in [2.05, 4.69) is 17.1 Å². The highest BCUT2D eigenvalue weighted by Crippen LogP contribution is 2.43. The van der Waals surface area contributed by atoms with Crippen LogP contribution in [-0.4, -0.2) is 23.8 Å². The lowest BCUT2D eigenvalue weighted by Crippen LogP contribution is -2.37. The van der Waals surface area contributed by atoms with Crippen molar-refractivity contribution < 1.29 is 9.26 Å². The molecule has 1 fully saturated rings. The highest BCUT2D eigenvalue weighted by atomic mass is 16.5. The topological polar surface area (TPSA) is 74.2 Å². The number of methoxy groups -OCH3 is 1. The molecule has 0 radical (unpaired) electrons. The summed E-state index contributed by atoms with van der Waals surface area (Å²) in [4.78, 5) is 4.51. The van der Waals surface area contributed by atoms with Gasteiger partial charge in [-0.25, -0.2) is 0 Å². The summed E-state index contributed by atoms with van der Waals surface area (Å²) in [5.41, 5.74) is 5.24. The Morgan fingerprint density at radius 2 is 2.24 bits per heavy atom. The van der Waals surface area contributed by atoms with Crippen molar-refractivity contribution in [3.63, 3.8) is 0 Å². The van der Waals surface area contributed by atoms with Crippen molar-refractivity contribution in [3.8, 4) is 0 Å². The van der Waals surface area contributed by atoms with Gasteiger partial charge in [-0.05, 0) is 32.6 Å². The van der Waals surface area contributed by atoms with E-state index in [9.17, 15) is 0 Å². The van der Waals surface area contributed by atoms with Gasteiger partial charge < -0.3 is 15.0 Å². The average molecular weight is 239 g/mol. The van der Waals surface area contributed by atoms with Gasteiger partial charge in [0.1, 0.15) is 5.60 Å². The van der Waals surface area contributed by atoms with Gasteiger partial charge in [0, 0.05) is 13.7 Å². The highest BCUT2D eigenvalue weighted by Gasteiger charge is 2.44. The van der Waals surface area contributed by atoms with Crippen molar-refractivity contribution in [2.75, 3.05) is 13.7 Å². The molecule has 1 aromatic rings. The van der Waals surface area contributed by atoms with Crippen LogP contribution in [0.4, 0.5) is 0 Å². The number of aromatic nitrogens is 2. The van der Waals surface area contributed by atoms with Crippen molar-refractivity contribution in [2.45, 2.75) is 50.5 Å². The van der Waals surface area contributed by atoms with Gasteiger partial charge in [0.2, 0.25) is 11.7 Å². The quantitative estimate of drug-likeness (QED) is 0.846. The first-order chi connectivity index (χ1) is 8.10. The molecule has 1 heterocycles. The lowest BCUT2D eigenvalue weighted by Gasteiger charge is -2.37. The number of nitrogens with two attached hydrogens (primary N) is 1. The Labute approximate surface area is 102 Å². The number of hydrogen-bond donors (Lipinski definition) is 1. The molecule has 17 heavy (non-hydrogen) atoms. The Morgan fingerprint density at radius 1 is 1.53 bits per heavy atom. The molecule has 96 valence electrons. The zero-order chi connectivity index (χ0) is 12.5. The largest absolute Gasteiger partial charge is 0.370 e. The van der Waals surface area contributed by atoms with Gasteiger partial charge in [-0.3, -0.25) is 0 Å². The minimum Gasteiger partial charge on any atom is -0.370 e. The molecule has 1 aliphatic rings. The number of ether oxygens (including phenoxy) is 1. The second-order valence-corrected chi connectivity index (χ2v) is 5.09. The third-order valence-corrected chi connectivity index (χ3v) is 4.13. The van der Waals surface area contributed by atoms with Gasteiger partial charge >= 0.3 is 0 Å². The molecular formula is C12H21N3O2. The summed E-state index contributed by atoms with van der Waals surface area (Å²) in [7, 11) is 1.71. The van der Waals surface area contributed by atoms with Crippen molar-refractivity contribution in [3.05, 3.63) is 11.7 Å². The van der Waals surface area contributed by atoms with Crippen molar-refractivity contribution in [1.29, 1.82) is 0 Å². The highest BCUT2D eigenvalue weighted by molar-refractivity contribution is 5.10. The molecule has 2 rings (SSSR count). The van der Waals surface area contributed by atoms with E-state index in [0.717, 1.165) is 25.7 Å². The maximum absolute atomic E-state index is 5.79. The van der Waals surface area contributed by atoms with Gasteiger partial charge in [0.05, 0.1) is 5.41 Å². The summed E-state index contributed by atoms with van der Waals surface area (Å²) in [6.07, 6.45) is 3.96. The second kappa shape index (κ2) is 4.38. The van der Waals surface area contributed by atoms with Crippen LogP contribution < -0.4 is 5.73 Å². The zero-order valence-corrected chi connectivity index (χ0v) is 10.8. The summed E-state index contributed by atoms with van der Waals surface area (Å²) in [6.45, 7) is 4.63. The average Bonchev–Trinajstić information content (AvgIpc) is 2.78. The molecule has 1 aromatic heterocycles. The van der Waals surface area contributed by atoms with Gasteiger partial charge in [-0.15, -0.1) is 0 Å². The van der Waals surface area contributed by atoms with Crippen LogP contribution in [0.15, 0.2) is 4.52 Å². The fraction of sp³-hybridized carbons (Fsp3) is 0.833. The molecule has 0 aliphatic heterocycles. The van der Waals surface area contributed by atoms with Crippen molar-refractivity contribution in [2.24, 2.45) is 5.73 Å². The predicted octanol–water partition coefficient (Wildman–Crippen LogP) is 1.72. The molecule has 5 heteroatoms. The maximum atomic E-state index is 5.79. The first kappa shape index (κ1) is 12.5. The summed E-state index contributed by atoms with van der Waals surface area (Å²) in [5.74, 6) is 1.30. The predicted molar refractivity (Wildman–Crippen MR) is 63.5 cm³/mol. The fourth-order valence-corrected chi connectivity index (χ4v) is 2.05. The molecule has 5 nitrogen and oxygen atoms in total. The smallest absolute Gasteiger partial charge is 0.233 e. The summed E-state index contributed by atoms with van der Waals surface area (Å²) < 4.78 is 10.9. The summed E-state index contributed by atoms with van der Waals surface area (Å²) >= 11 is 0. The molecule has 0 aromatic carbocycles. The number of nitrogens with zero attached hydrogens (tertiary/aromatic N) is 2. The van der Waals surface area contributed by atoms with Crippen LogP contribution in [0.5, 0.6) is 0 Å². The van der Waals surface area contributed by atoms with E-state index in [1.165, 1.54) is 0 Å². The second-order valence-electron chi connectivity index (χ2n) is 5.09. The zero-order valence-electron chi connectivity index (χ0n) is 10.8. The van der Waals surface area contributed by atoms with Gasteiger partial charge in [-0.2, -0.15) is 4.98 Å². The van der Waals surface area contributed by atoms with Crippen LogP contribution in [0.25, 0.3) is 0 Å². The minimum atomic E-state index is -0.314. The lowest BCUT2D eigenvalue weighted by atomic mass is 9.79. The molecule has 0 bridgehead atoms. The van der Waals surface area contributed by atoms with Crippen LogP contribution >= 0.6 is 0 Å². The van der Waals surface area contributed by atoms with Gasteiger partial charge in [-0.1, -0.05) is 12.1 Å². The maximum Gasteiger partial charge on any atom is 0.233 e. The summed E-state index contributed by atoms with van der Waals surface area (Å²) in [5, 5.41) is 4.08. The normalized spacial score (nSPS) is 21.9. The Bertz CT molecular complexity index is 348. The standard InChI is InChI=1S/C12H21N3O2/c1-4-11(2,8-13)10-14-9(15-17-10)12(16-3)6-5-7-12/h4-8,13H2,1-3H3. The van der Waals surface area contributed by atoms with E-state index in [0.29, 0.717) is 18.3 Å².